The largest absolute Gasteiger partial charge is 0.444 e. The second kappa shape index (κ2) is 6.07. The molecule has 4 N–H and O–H groups in total. The number of carbonyl (C=O) groups is 3. The van der Waals surface area contributed by atoms with Gasteiger partial charge in [0.25, 0.3) is 0 Å². The van der Waals surface area contributed by atoms with Crippen LogP contribution in [0.5, 0.6) is 0 Å². The molecule has 1 atom stereocenters. The summed E-state index contributed by atoms with van der Waals surface area (Å²) in [5.41, 5.74) is 4.30. The maximum atomic E-state index is 11.4. The number of carbonyl (C=O) groups excluding carboxylic acids is 3. The molecular weight excluding hydrogens is 226 g/mol. The molecule has 0 rings (SSSR count). The van der Waals surface area contributed by atoms with Gasteiger partial charge in [-0.05, 0) is 20.8 Å². The smallest absolute Gasteiger partial charge is 0.408 e. The molecule has 0 radical (unpaired) electrons. The molecule has 0 aliphatic carbocycles. The number of primary amides is 1. The van der Waals surface area contributed by atoms with E-state index in [1.165, 1.54) is 7.05 Å². The van der Waals surface area contributed by atoms with Crippen LogP contribution in [0, 0.1) is 0 Å². The molecule has 0 aliphatic heterocycles. The number of hydrogen-bond acceptors (Lipinski definition) is 4. The van der Waals surface area contributed by atoms with Crippen molar-refractivity contribution >= 4 is 17.9 Å². The third-order valence-corrected chi connectivity index (χ3v) is 1.66. The van der Waals surface area contributed by atoms with Crippen LogP contribution in [0.3, 0.4) is 0 Å². The maximum absolute atomic E-state index is 11.4. The summed E-state index contributed by atoms with van der Waals surface area (Å²) in [7, 11) is 1.40. The number of hydrogen-bond donors (Lipinski definition) is 3. The topological polar surface area (TPSA) is 111 Å². The van der Waals surface area contributed by atoms with Crippen LogP contribution in [0.2, 0.25) is 0 Å². The van der Waals surface area contributed by atoms with E-state index in [4.69, 9.17) is 10.5 Å². The number of nitrogens with two attached hydrogens (primary N) is 1. The Morgan fingerprint density at radius 3 is 2.18 bits per heavy atom. The molecule has 7 nitrogen and oxygen atoms in total. The first-order valence-corrected chi connectivity index (χ1v) is 5.15. The lowest BCUT2D eigenvalue weighted by Gasteiger charge is -2.22. The average Bonchev–Trinajstić information content (AvgIpc) is 2.11. The van der Waals surface area contributed by atoms with Crippen molar-refractivity contribution in [3.05, 3.63) is 0 Å². The summed E-state index contributed by atoms with van der Waals surface area (Å²) >= 11 is 0. The van der Waals surface area contributed by atoms with Gasteiger partial charge in [0.15, 0.2) is 0 Å². The zero-order valence-corrected chi connectivity index (χ0v) is 10.5. The van der Waals surface area contributed by atoms with Crippen molar-refractivity contribution in [3.8, 4) is 0 Å². The van der Waals surface area contributed by atoms with E-state index < -0.39 is 29.6 Å². The quantitative estimate of drug-likeness (QED) is 0.620. The van der Waals surface area contributed by atoms with Crippen LogP contribution in [-0.2, 0) is 14.3 Å². The van der Waals surface area contributed by atoms with E-state index in [0.717, 1.165) is 0 Å². The Balaban J connectivity index is 4.48. The lowest BCUT2D eigenvalue weighted by atomic mass is 10.2. The first kappa shape index (κ1) is 15.2. The first-order valence-electron chi connectivity index (χ1n) is 5.15. The fourth-order valence-corrected chi connectivity index (χ4v) is 1.03. The Morgan fingerprint density at radius 1 is 1.29 bits per heavy atom. The number of ether oxygens (including phenoxy) is 1. The molecule has 17 heavy (non-hydrogen) atoms. The third kappa shape index (κ3) is 7.15. The van der Waals surface area contributed by atoms with E-state index in [2.05, 4.69) is 10.6 Å². The lowest BCUT2D eigenvalue weighted by Crippen LogP contribution is -2.49. The summed E-state index contributed by atoms with van der Waals surface area (Å²) in [4.78, 5) is 33.5. The van der Waals surface area contributed by atoms with Crippen LogP contribution in [-0.4, -0.2) is 36.6 Å². The summed E-state index contributed by atoms with van der Waals surface area (Å²) in [6, 6.07) is -1.02. The summed E-state index contributed by atoms with van der Waals surface area (Å²) in [6.07, 6.45) is -1.05. The molecule has 0 aromatic carbocycles. The molecule has 0 saturated heterocycles. The van der Waals surface area contributed by atoms with Crippen LogP contribution in [0.25, 0.3) is 0 Å². The van der Waals surface area contributed by atoms with Crippen LogP contribution in [0.4, 0.5) is 4.79 Å². The van der Waals surface area contributed by atoms with Gasteiger partial charge in [-0.15, -0.1) is 0 Å². The fourth-order valence-electron chi connectivity index (χ4n) is 1.03. The molecule has 0 spiro atoms. The molecule has 98 valence electrons. The van der Waals surface area contributed by atoms with Crippen molar-refractivity contribution < 1.29 is 19.1 Å². The van der Waals surface area contributed by atoms with E-state index in [1.807, 2.05) is 0 Å². The van der Waals surface area contributed by atoms with Crippen molar-refractivity contribution in [2.45, 2.75) is 38.8 Å². The van der Waals surface area contributed by atoms with Gasteiger partial charge in [0.05, 0.1) is 6.42 Å². The van der Waals surface area contributed by atoms with Crippen molar-refractivity contribution in [2.24, 2.45) is 5.73 Å². The van der Waals surface area contributed by atoms with E-state index >= 15 is 0 Å². The molecule has 3 amide bonds. The normalized spacial score (nSPS) is 12.5. The van der Waals surface area contributed by atoms with Gasteiger partial charge < -0.3 is 21.1 Å². The number of nitrogens with one attached hydrogen (secondary N) is 2. The van der Waals surface area contributed by atoms with Crippen LogP contribution in [0.1, 0.15) is 27.2 Å². The van der Waals surface area contributed by atoms with Gasteiger partial charge in [-0.1, -0.05) is 0 Å². The van der Waals surface area contributed by atoms with E-state index in [0.29, 0.717) is 0 Å². The Labute approximate surface area is 100 Å². The second-order valence-corrected chi connectivity index (χ2v) is 4.48. The van der Waals surface area contributed by atoms with Crippen LogP contribution < -0.4 is 16.4 Å². The lowest BCUT2D eigenvalue weighted by molar-refractivity contribution is -0.126. The Bertz CT molecular complexity index is 309. The second-order valence-electron chi connectivity index (χ2n) is 4.48. The number of likely N-dealkylation sites (N-methyl/N-ethyl adjacent to an activating group) is 1. The fraction of sp³-hybridized carbons (Fsp3) is 0.700. The molecule has 0 aliphatic rings. The van der Waals surface area contributed by atoms with Gasteiger partial charge in [-0.3, -0.25) is 9.59 Å². The molecule has 0 bridgehead atoms. The molecule has 0 saturated carbocycles. The highest BCUT2D eigenvalue weighted by Crippen LogP contribution is 2.07. The highest BCUT2D eigenvalue weighted by molar-refractivity contribution is 5.90. The molecule has 0 unspecified atom stereocenters. The van der Waals surface area contributed by atoms with Gasteiger partial charge >= 0.3 is 6.09 Å². The summed E-state index contributed by atoms with van der Waals surface area (Å²) in [5, 5.41) is 4.60. The van der Waals surface area contributed by atoms with E-state index in [9.17, 15) is 14.4 Å². The van der Waals surface area contributed by atoms with Gasteiger partial charge in [0, 0.05) is 7.05 Å². The van der Waals surface area contributed by atoms with Gasteiger partial charge in [-0.2, -0.15) is 0 Å². The molecule has 0 fully saturated rings. The highest BCUT2D eigenvalue weighted by Gasteiger charge is 2.24. The first-order chi connectivity index (χ1) is 7.65. The van der Waals surface area contributed by atoms with Crippen molar-refractivity contribution in [1.82, 2.24) is 10.6 Å². The number of rotatable bonds is 4. The Kier molecular flexibility index (Phi) is 5.43. The predicted molar refractivity (Wildman–Crippen MR) is 61.0 cm³/mol. The van der Waals surface area contributed by atoms with Gasteiger partial charge in [0.2, 0.25) is 11.8 Å². The van der Waals surface area contributed by atoms with E-state index in [-0.39, 0.29) is 6.42 Å². The Hall–Kier alpha value is -1.79. The molecule has 0 aromatic rings. The van der Waals surface area contributed by atoms with Crippen LogP contribution in [0.15, 0.2) is 0 Å². The summed E-state index contributed by atoms with van der Waals surface area (Å²) < 4.78 is 4.96. The average molecular weight is 245 g/mol. The number of alkyl carbamates (subject to hydrolysis) is 1. The SMILES string of the molecule is CNC(=O)[C@H](CC(N)=O)NC(=O)OC(C)(C)C. The minimum absolute atomic E-state index is 0.279. The third-order valence-electron chi connectivity index (χ3n) is 1.66. The van der Waals surface area contributed by atoms with Crippen molar-refractivity contribution in [1.29, 1.82) is 0 Å². The maximum Gasteiger partial charge on any atom is 0.408 e. The molecule has 7 heteroatoms. The standard InChI is InChI=1S/C10H19N3O4/c1-10(2,3)17-9(16)13-6(5-7(11)14)8(15)12-4/h6H,5H2,1-4H3,(H2,11,14)(H,12,15)(H,13,16)/t6-/m0/s1. The monoisotopic (exact) mass is 245 g/mol. The predicted octanol–water partition coefficient (Wildman–Crippen LogP) is -0.499. The zero-order chi connectivity index (χ0) is 13.6. The minimum Gasteiger partial charge on any atom is -0.444 e. The number of amides is 3. The molecule has 0 aromatic heterocycles. The molecule has 0 heterocycles. The van der Waals surface area contributed by atoms with Crippen LogP contribution >= 0.6 is 0 Å². The highest BCUT2D eigenvalue weighted by atomic mass is 16.6. The van der Waals surface area contributed by atoms with Gasteiger partial charge in [-0.25, -0.2) is 4.79 Å². The summed E-state index contributed by atoms with van der Waals surface area (Å²) in [5.74, 6) is -1.19. The van der Waals surface area contributed by atoms with Gasteiger partial charge in [0.1, 0.15) is 11.6 Å². The zero-order valence-electron chi connectivity index (χ0n) is 10.5. The summed E-state index contributed by atoms with van der Waals surface area (Å²) in [6.45, 7) is 5.07. The van der Waals surface area contributed by atoms with E-state index in [1.54, 1.807) is 20.8 Å². The van der Waals surface area contributed by atoms with Crippen molar-refractivity contribution in [3.63, 3.8) is 0 Å². The van der Waals surface area contributed by atoms with Crippen molar-refractivity contribution in [2.75, 3.05) is 7.05 Å². The molecular formula is C10H19N3O4. The Morgan fingerprint density at radius 2 is 1.82 bits per heavy atom. The minimum atomic E-state index is -1.02.